The second kappa shape index (κ2) is 11.4. The van der Waals surface area contributed by atoms with E-state index in [2.05, 4.69) is 0 Å². The average Bonchev–Trinajstić information content (AvgIpc) is 2.63. The number of esters is 1. The lowest BCUT2D eigenvalue weighted by molar-refractivity contribution is -0.162. The summed E-state index contributed by atoms with van der Waals surface area (Å²) in [7, 11) is 0. The number of rotatable bonds is 5. The van der Waals surface area contributed by atoms with E-state index < -0.39 is 60.0 Å². The van der Waals surface area contributed by atoms with Gasteiger partial charge in [-0.25, -0.2) is 23.2 Å². The van der Waals surface area contributed by atoms with E-state index in [1.807, 2.05) is 0 Å². The molecule has 0 saturated carbocycles. The summed E-state index contributed by atoms with van der Waals surface area (Å²) in [5.74, 6) is -3.67. The van der Waals surface area contributed by atoms with Gasteiger partial charge in [-0.1, -0.05) is 12.8 Å². The number of carbonyl (C=O) groups is 3. The smallest absolute Gasteiger partial charge is 0.420 e. The molecule has 33 heavy (non-hydrogen) atoms. The van der Waals surface area contributed by atoms with E-state index in [9.17, 15) is 23.2 Å². The lowest BCUT2D eigenvalue weighted by atomic mass is 10.0. The van der Waals surface area contributed by atoms with Crippen molar-refractivity contribution in [3.63, 3.8) is 0 Å². The van der Waals surface area contributed by atoms with Crippen molar-refractivity contribution in [2.24, 2.45) is 0 Å². The van der Waals surface area contributed by atoms with Crippen LogP contribution in [0.25, 0.3) is 0 Å². The van der Waals surface area contributed by atoms with Crippen molar-refractivity contribution < 1.29 is 42.1 Å². The van der Waals surface area contributed by atoms with Crippen LogP contribution in [0, 0.1) is 0 Å². The van der Waals surface area contributed by atoms with Crippen molar-refractivity contribution in [1.29, 1.82) is 0 Å². The SMILES string of the molecule is C[C@@H]1OC(=O)[C@@H](N(C(=O)OC(C)(C)C)C(=O)OC(C)(C)C)CCCC[C@H]1OCCC(C)(F)F. The third kappa shape index (κ3) is 11.1. The molecule has 3 atom stereocenters. The summed E-state index contributed by atoms with van der Waals surface area (Å²) in [6.45, 7) is 12.1. The first-order valence-corrected chi connectivity index (χ1v) is 11.3. The molecular formula is C23H39F2NO7. The Kier molecular flexibility index (Phi) is 10.1. The predicted octanol–water partition coefficient (Wildman–Crippen LogP) is 5.46. The van der Waals surface area contributed by atoms with Crippen LogP contribution in [-0.4, -0.2) is 65.0 Å². The van der Waals surface area contributed by atoms with E-state index in [1.165, 1.54) is 0 Å². The molecule has 0 aromatic carbocycles. The predicted molar refractivity (Wildman–Crippen MR) is 117 cm³/mol. The summed E-state index contributed by atoms with van der Waals surface area (Å²) in [5.41, 5.74) is -1.82. The Hall–Kier alpha value is -1.97. The molecule has 1 aliphatic rings. The molecule has 0 bridgehead atoms. The van der Waals surface area contributed by atoms with E-state index in [0.29, 0.717) is 24.2 Å². The van der Waals surface area contributed by atoms with Gasteiger partial charge in [-0.15, -0.1) is 0 Å². The van der Waals surface area contributed by atoms with Crippen LogP contribution in [0.2, 0.25) is 0 Å². The highest BCUT2D eigenvalue weighted by Crippen LogP contribution is 2.25. The standard InChI is InChI=1S/C23H39F2NO7/c1-15-17(30-14-13-23(8,24)25)12-10-9-11-16(18(27)31-15)26(19(28)32-21(2,3)4)20(29)33-22(5,6)7/h15-17H,9-14H2,1-8H3/t15-,16-,17+/m0/s1. The van der Waals surface area contributed by atoms with Crippen LogP contribution < -0.4 is 0 Å². The van der Waals surface area contributed by atoms with Gasteiger partial charge in [0.15, 0.2) is 0 Å². The van der Waals surface area contributed by atoms with Crippen LogP contribution in [0.1, 0.15) is 87.5 Å². The van der Waals surface area contributed by atoms with Gasteiger partial charge in [-0.05, 0) is 68.2 Å². The first-order valence-electron chi connectivity index (χ1n) is 11.3. The molecule has 0 spiro atoms. The lowest BCUT2D eigenvalue weighted by Crippen LogP contribution is -2.53. The monoisotopic (exact) mass is 479 g/mol. The van der Waals surface area contributed by atoms with Gasteiger partial charge in [0, 0.05) is 6.42 Å². The Morgan fingerprint density at radius 2 is 1.45 bits per heavy atom. The molecule has 1 fully saturated rings. The van der Waals surface area contributed by atoms with E-state index in [1.54, 1.807) is 48.5 Å². The molecule has 192 valence electrons. The van der Waals surface area contributed by atoms with Gasteiger partial charge < -0.3 is 18.9 Å². The average molecular weight is 480 g/mol. The Morgan fingerprint density at radius 1 is 0.970 bits per heavy atom. The Morgan fingerprint density at radius 3 is 1.91 bits per heavy atom. The number of ether oxygens (including phenoxy) is 4. The summed E-state index contributed by atoms with van der Waals surface area (Å²) in [4.78, 5) is 39.5. The molecule has 0 aromatic heterocycles. The van der Waals surface area contributed by atoms with Crippen molar-refractivity contribution >= 4 is 18.2 Å². The van der Waals surface area contributed by atoms with Crippen molar-refractivity contribution in [1.82, 2.24) is 4.90 Å². The maximum absolute atomic E-state index is 13.1. The molecule has 0 unspecified atom stereocenters. The number of carbonyl (C=O) groups excluding carboxylic acids is 3. The minimum absolute atomic E-state index is 0.143. The summed E-state index contributed by atoms with van der Waals surface area (Å²) >= 11 is 0. The third-order valence-electron chi connectivity index (χ3n) is 4.68. The van der Waals surface area contributed by atoms with Gasteiger partial charge >= 0.3 is 18.2 Å². The van der Waals surface area contributed by atoms with Crippen LogP contribution in [0.5, 0.6) is 0 Å². The highest BCUT2D eigenvalue weighted by atomic mass is 19.3. The highest BCUT2D eigenvalue weighted by molar-refractivity contribution is 5.94. The van der Waals surface area contributed by atoms with Crippen LogP contribution in [0.15, 0.2) is 0 Å². The zero-order valence-electron chi connectivity index (χ0n) is 21.0. The fourth-order valence-electron chi connectivity index (χ4n) is 3.17. The van der Waals surface area contributed by atoms with Crippen LogP contribution in [0.4, 0.5) is 18.4 Å². The number of cyclic esters (lactones) is 1. The van der Waals surface area contributed by atoms with Gasteiger partial charge in [0.1, 0.15) is 23.3 Å². The molecule has 0 N–H and O–H groups in total. The lowest BCUT2D eigenvalue weighted by Gasteiger charge is -2.32. The maximum Gasteiger partial charge on any atom is 0.420 e. The first-order chi connectivity index (χ1) is 14.9. The maximum atomic E-state index is 13.1. The fourth-order valence-corrected chi connectivity index (χ4v) is 3.17. The number of halogens is 2. The number of nitrogens with zero attached hydrogens (tertiary/aromatic N) is 1. The Balaban J connectivity index is 3.08. The minimum Gasteiger partial charge on any atom is -0.458 e. The summed E-state index contributed by atoms with van der Waals surface area (Å²) < 4.78 is 48.0. The minimum atomic E-state index is -2.86. The highest BCUT2D eigenvalue weighted by Gasteiger charge is 2.42. The number of imide groups is 1. The molecule has 0 aromatic rings. The second-order valence-corrected chi connectivity index (χ2v) is 10.5. The van der Waals surface area contributed by atoms with Crippen LogP contribution in [0.3, 0.4) is 0 Å². The van der Waals surface area contributed by atoms with Crippen molar-refractivity contribution in [2.45, 2.75) is 123 Å². The van der Waals surface area contributed by atoms with Gasteiger partial charge in [0.05, 0.1) is 12.7 Å². The summed E-state index contributed by atoms with van der Waals surface area (Å²) in [5, 5.41) is 0. The summed E-state index contributed by atoms with van der Waals surface area (Å²) in [6, 6.07) is -1.25. The molecule has 1 heterocycles. The van der Waals surface area contributed by atoms with Crippen molar-refractivity contribution in [3.05, 3.63) is 0 Å². The van der Waals surface area contributed by atoms with Gasteiger partial charge in [-0.2, -0.15) is 4.90 Å². The van der Waals surface area contributed by atoms with Crippen molar-refractivity contribution in [2.75, 3.05) is 6.61 Å². The van der Waals surface area contributed by atoms with Gasteiger partial charge in [-0.3, -0.25) is 0 Å². The van der Waals surface area contributed by atoms with Crippen molar-refractivity contribution in [3.8, 4) is 0 Å². The van der Waals surface area contributed by atoms with E-state index >= 15 is 0 Å². The Bertz CT molecular complexity index is 652. The van der Waals surface area contributed by atoms with E-state index in [-0.39, 0.29) is 13.0 Å². The van der Waals surface area contributed by atoms with Gasteiger partial charge in [0.25, 0.3) is 0 Å². The fraction of sp³-hybridized carbons (Fsp3) is 0.870. The zero-order chi connectivity index (χ0) is 25.6. The van der Waals surface area contributed by atoms with E-state index in [0.717, 1.165) is 6.92 Å². The van der Waals surface area contributed by atoms with Crippen LogP contribution >= 0.6 is 0 Å². The Labute approximate surface area is 195 Å². The van der Waals surface area contributed by atoms with Crippen LogP contribution in [-0.2, 0) is 23.7 Å². The molecular weight excluding hydrogens is 440 g/mol. The largest absolute Gasteiger partial charge is 0.458 e. The zero-order valence-corrected chi connectivity index (χ0v) is 21.0. The molecule has 1 aliphatic heterocycles. The summed E-state index contributed by atoms with van der Waals surface area (Å²) in [6.07, 6.45) is -2.13. The quantitative estimate of drug-likeness (QED) is 0.382. The second-order valence-electron chi connectivity index (χ2n) is 10.5. The number of amides is 2. The number of hydrogen-bond donors (Lipinski definition) is 0. The topological polar surface area (TPSA) is 91.4 Å². The third-order valence-corrected chi connectivity index (χ3v) is 4.68. The first kappa shape index (κ1) is 29.1. The van der Waals surface area contributed by atoms with Gasteiger partial charge in [0.2, 0.25) is 5.92 Å². The molecule has 0 aliphatic carbocycles. The normalized spacial score (nSPS) is 23.0. The molecule has 1 rings (SSSR count). The van der Waals surface area contributed by atoms with E-state index in [4.69, 9.17) is 18.9 Å². The molecule has 1 saturated heterocycles. The molecule has 8 nitrogen and oxygen atoms in total. The molecule has 2 amide bonds. The number of hydrogen-bond acceptors (Lipinski definition) is 7. The molecule has 10 heteroatoms. The number of alkyl halides is 2. The molecule has 0 radical (unpaired) electrons.